The fraction of sp³-hybridized carbons (Fsp3) is 0.182. The molecular formula is C11H11N3O2. The standard InChI is InChI=1S/C11H11N3O2/c1-9(15)16-8-10-7-14(13-12-10)11-5-3-2-4-6-11/h2-7H,8H2,1H3. The van der Waals surface area contributed by atoms with Crippen LogP contribution < -0.4 is 0 Å². The number of carbonyl (C=O) groups excluding carboxylic acids is 1. The lowest BCUT2D eigenvalue weighted by Crippen LogP contribution is -1.98. The molecule has 0 fully saturated rings. The lowest BCUT2D eigenvalue weighted by Gasteiger charge is -1.97. The number of para-hydroxylation sites is 1. The molecule has 0 spiro atoms. The van der Waals surface area contributed by atoms with E-state index in [1.807, 2.05) is 30.3 Å². The van der Waals surface area contributed by atoms with E-state index in [9.17, 15) is 4.79 Å². The molecule has 5 heteroatoms. The van der Waals surface area contributed by atoms with Crippen LogP contribution in [0, 0.1) is 0 Å². The van der Waals surface area contributed by atoms with Crippen LogP contribution in [-0.4, -0.2) is 21.0 Å². The molecule has 82 valence electrons. The van der Waals surface area contributed by atoms with Gasteiger partial charge in [-0.2, -0.15) is 0 Å². The Kier molecular flexibility index (Phi) is 2.95. The third-order valence-electron chi connectivity index (χ3n) is 1.98. The maximum atomic E-state index is 10.6. The van der Waals surface area contributed by atoms with Crippen molar-refractivity contribution in [2.45, 2.75) is 13.5 Å². The Morgan fingerprint density at radius 3 is 2.81 bits per heavy atom. The van der Waals surface area contributed by atoms with Crippen LogP contribution in [-0.2, 0) is 16.1 Å². The second kappa shape index (κ2) is 4.57. The fourth-order valence-electron chi connectivity index (χ4n) is 1.25. The molecule has 5 nitrogen and oxygen atoms in total. The molecule has 1 aromatic carbocycles. The SMILES string of the molecule is CC(=O)OCc1cn(-c2ccccc2)nn1. The first-order valence-corrected chi connectivity index (χ1v) is 4.86. The summed E-state index contributed by atoms with van der Waals surface area (Å²) in [6.45, 7) is 1.52. The van der Waals surface area contributed by atoms with Gasteiger partial charge in [0.05, 0.1) is 11.9 Å². The summed E-state index contributed by atoms with van der Waals surface area (Å²) >= 11 is 0. The molecule has 1 aromatic heterocycles. The number of aromatic nitrogens is 3. The summed E-state index contributed by atoms with van der Waals surface area (Å²) in [5, 5.41) is 7.84. The molecule has 0 unspecified atom stereocenters. The predicted molar refractivity (Wildman–Crippen MR) is 56.8 cm³/mol. The number of benzene rings is 1. The second-order valence-corrected chi connectivity index (χ2v) is 3.27. The number of ether oxygens (including phenoxy) is 1. The van der Waals surface area contributed by atoms with E-state index in [1.165, 1.54) is 6.92 Å². The number of hydrogen-bond donors (Lipinski definition) is 0. The van der Waals surface area contributed by atoms with Crippen LogP contribution in [0.4, 0.5) is 0 Å². The smallest absolute Gasteiger partial charge is 0.303 e. The van der Waals surface area contributed by atoms with Crippen molar-refractivity contribution >= 4 is 5.97 Å². The summed E-state index contributed by atoms with van der Waals surface area (Å²) in [4.78, 5) is 10.6. The first kappa shape index (κ1) is 10.4. The van der Waals surface area contributed by atoms with E-state index >= 15 is 0 Å². The van der Waals surface area contributed by atoms with E-state index in [1.54, 1.807) is 10.9 Å². The van der Waals surface area contributed by atoms with Crippen LogP contribution in [0.15, 0.2) is 36.5 Å². The minimum absolute atomic E-state index is 0.155. The van der Waals surface area contributed by atoms with Gasteiger partial charge in [0.15, 0.2) is 0 Å². The number of carbonyl (C=O) groups is 1. The number of nitrogens with zero attached hydrogens (tertiary/aromatic N) is 3. The maximum absolute atomic E-state index is 10.6. The molecule has 16 heavy (non-hydrogen) atoms. The minimum atomic E-state index is -0.325. The minimum Gasteiger partial charge on any atom is -0.459 e. The van der Waals surface area contributed by atoms with Crippen LogP contribution in [0.5, 0.6) is 0 Å². The van der Waals surface area contributed by atoms with Gasteiger partial charge in [0.1, 0.15) is 12.3 Å². The third kappa shape index (κ3) is 2.44. The number of rotatable bonds is 3. The molecule has 1 heterocycles. The summed E-state index contributed by atoms with van der Waals surface area (Å²) in [5.74, 6) is -0.325. The van der Waals surface area contributed by atoms with E-state index in [-0.39, 0.29) is 12.6 Å². The molecule has 0 aliphatic carbocycles. The molecule has 2 rings (SSSR count). The van der Waals surface area contributed by atoms with Gasteiger partial charge in [0.2, 0.25) is 0 Å². The maximum Gasteiger partial charge on any atom is 0.303 e. The van der Waals surface area contributed by atoms with Gasteiger partial charge >= 0.3 is 5.97 Å². The molecular weight excluding hydrogens is 206 g/mol. The Bertz CT molecular complexity index is 479. The van der Waals surface area contributed by atoms with Crippen LogP contribution in [0.25, 0.3) is 5.69 Å². The van der Waals surface area contributed by atoms with E-state index in [0.29, 0.717) is 5.69 Å². The highest BCUT2D eigenvalue weighted by molar-refractivity contribution is 5.65. The highest BCUT2D eigenvalue weighted by Crippen LogP contribution is 2.06. The fourth-order valence-corrected chi connectivity index (χ4v) is 1.25. The van der Waals surface area contributed by atoms with Crippen LogP contribution >= 0.6 is 0 Å². The van der Waals surface area contributed by atoms with Crippen LogP contribution in [0.2, 0.25) is 0 Å². The quantitative estimate of drug-likeness (QED) is 0.728. The van der Waals surface area contributed by atoms with Crippen molar-refractivity contribution in [3.05, 3.63) is 42.2 Å². The van der Waals surface area contributed by atoms with Crippen molar-refractivity contribution in [2.75, 3.05) is 0 Å². The summed E-state index contributed by atoms with van der Waals surface area (Å²) < 4.78 is 6.46. The zero-order valence-corrected chi connectivity index (χ0v) is 8.83. The predicted octanol–water partition coefficient (Wildman–Crippen LogP) is 1.33. The second-order valence-electron chi connectivity index (χ2n) is 3.27. The summed E-state index contributed by atoms with van der Waals surface area (Å²) in [6, 6.07) is 9.61. The van der Waals surface area contributed by atoms with Gasteiger partial charge in [0.25, 0.3) is 0 Å². The first-order chi connectivity index (χ1) is 7.75. The highest BCUT2D eigenvalue weighted by Gasteiger charge is 2.03. The normalized spacial score (nSPS) is 10.1. The number of esters is 1. The summed E-state index contributed by atoms with van der Waals surface area (Å²) in [6.07, 6.45) is 1.73. The average molecular weight is 217 g/mol. The molecule has 0 amide bonds. The van der Waals surface area contributed by atoms with E-state index < -0.39 is 0 Å². The van der Waals surface area contributed by atoms with Crippen molar-refractivity contribution < 1.29 is 9.53 Å². The van der Waals surface area contributed by atoms with Gasteiger partial charge in [-0.05, 0) is 12.1 Å². The summed E-state index contributed by atoms with van der Waals surface area (Å²) in [7, 11) is 0. The summed E-state index contributed by atoms with van der Waals surface area (Å²) in [5.41, 5.74) is 1.54. The van der Waals surface area contributed by atoms with Crippen LogP contribution in [0.1, 0.15) is 12.6 Å². The Balaban J connectivity index is 2.11. The highest BCUT2D eigenvalue weighted by atomic mass is 16.5. The Hall–Kier alpha value is -2.17. The van der Waals surface area contributed by atoms with Gasteiger partial charge in [0, 0.05) is 6.92 Å². The zero-order valence-electron chi connectivity index (χ0n) is 8.83. The van der Waals surface area contributed by atoms with Crippen molar-refractivity contribution in [1.82, 2.24) is 15.0 Å². The first-order valence-electron chi connectivity index (χ1n) is 4.86. The monoisotopic (exact) mass is 217 g/mol. The molecule has 2 aromatic rings. The van der Waals surface area contributed by atoms with Crippen molar-refractivity contribution in [2.24, 2.45) is 0 Å². The largest absolute Gasteiger partial charge is 0.459 e. The van der Waals surface area contributed by atoms with Gasteiger partial charge in [-0.3, -0.25) is 4.79 Å². The average Bonchev–Trinajstić information content (AvgIpc) is 2.76. The van der Waals surface area contributed by atoms with Crippen molar-refractivity contribution in [3.8, 4) is 5.69 Å². The molecule has 0 bridgehead atoms. The van der Waals surface area contributed by atoms with Gasteiger partial charge in [-0.25, -0.2) is 4.68 Å². The molecule has 0 saturated heterocycles. The van der Waals surface area contributed by atoms with E-state index in [2.05, 4.69) is 10.3 Å². The van der Waals surface area contributed by atoms with Crippen molar-refractivity contribution in [3.63, 3.8) is 0 Å². The molecule has 0 saturated carbocycles. The molecule has 0 N–H and O–H groups in total. The molecule has 0 radical (unpaired) electrons. The third-order valence-corrected chi connectivity index (χ3v) is 1.98. The molecule has 0 aliphatic heterocycles. The topological polar surface area (TPSA) is 57.0 Å². The molecule has 0 atom stereocenters. The zero-order chi connectivity index (χ0) is 11.4. The number of hydrogen-bond acceptors (Lipinski definition) is 4. The Labute approximate surface area is 92.7 Å². The van der Waals surface area contributed by atoms with Crippen LogP contribution in [0.3, 0.4) is 0 Å². The van der Waals surface area contributed by atoms with E-state index in [0.717, 1.165) is 5.69 Å². The molecule has 0 aliphatic rings. The van der Waals surface area contributed by atoms with E-state index in [4.69, 9.17) is 4.74 Å². The lowest BCUT2D eigenvalue weighted by molar-refractivity contribution is -0.142. The Morgan fingerprint density at radius 2 is 2.12 bits per heavy atom. The van der Waals surface area contributed by atoms with Gasteiger partial charge in [-0.1, -0.05) is 23.4 Å². The van der Waals surface area contributed by atoms with Crippen molar-refractivity contribution in [1.29, 1.82) is 0 Å². The van der Waals surface area contributed by atoms with Gasteiger partial charge in [-0.15, -0.1) is 5.10 Å². The van der Waals surface area contributed by atoms with Gasteiger partial charge < -0.3 is 4.74 Å². The lowest BCUT2D eigenvalue weighted by atomic mass is 10.3. The Morgan fingerprint density at radius 1 is 1.38 bits per heavy atom.